The number of ketones is 1. The summed E-state index contributed by atoms with van der Waals surface area (Å²) in [6.07, 6.45) is 8.18. The molecule has 0 radical (unpaired) electrons. The molecule has 0 saturated heterocycles. The van der Waals surface area contributed by atoms with Crippen molar-refractivity contribution in [3.8, 4) is 0 Å². The molecule has 4 aliphatic carbocycles. The number of rotatable bonds is 6. The standard InChI is InChI=1S/C28H42O7/c1-16(29)34-19-10-12-27(3)18(14-19)6-7-20-21-8-9-23(28(21,4)13-11-22(20)27)24(31)15-25(26(32)33-5)35-17(2)30/h18-23,25H,6-15H2,1-5H3/t18-,19-,20-,21-,22-,23+,25-,27-,28-/m0/s1. The predicted octanol–water partition coefficient (Wildman–Crippen LogP) is 4.64. The summed E-state index contributed by atoms with van der Waals surface area (Å²) in [6.45, 7) is 7.50. The SMILES string of the molecule is COC(=O)[C@H](CC(=O)[C@H]1CC[C@H]2[C@@H]3CC[C@H]4C[C@@H](OC(C)=O)CC[C@]4(C)[C@H]3CC[C@]12C)OC(C)=O. The number of carbonyl (C=O) groups is 4. The van der Waals surface area contributed by atoms with Gasteiger partial charge in [-0.15, -0.1) is 0 Å². The maximum absolute atomic E-state index is 13.5. The molecule has 0 aromatic heterocycles. The minimum atomic E-state index is -1.16. The van der Waals surface area contributed by atoms with Crippen LogP contribution in [-0.4, -0.2) is 43.0 Å². The van der Waals surface area contributed by atoms with Crippen molar-refractivity contribution >= 4 is 23.7 Å². The second-order valence-corrected chi connectivity index (χ2v) is 12.1. The molecule has 4 aliphatic rings. The van der Waals surface area contributed by atoms with E-state index in [2.05, 4.69) is 13.8 Å². The molecule has 196 valence electrons. The van der Waals surface area contributed by atoms with Crippen LogP contribution in [0.15, 0.2) is 0 Å². The highest BCUT2D eigenvalue weighted by Crippen LogP contribution is 2.67. The van der Waals surface area contributed by atoms with E-state index in [0.717, 1.165) is 51.4 Å². The largest absolute Gasteiger partial charge is 0.466 e. The Labute approximate surface area is 209 Å². The van der Waals surface area contributed by atoms with Gasteiger partial charge in [-0.2, -0.15) is 0 Å². The number of Topliss-reactive ketones (excluding diaryl/α,β-unsaturated/α-hetero) is 1. The van der Waals surface area contributed by atoms with Crippen LogP contribution in [0, 0.1) is 40.4 Å². The lowest BCUT2D eigenvalue weighted by Crippen LogP contribution is -2.54. The fourth-order valence-corrected chi connectivity index (χ4v) is 8.92. The minimum absolute atomic E-state index is 0.0203. The van der Waals surface area contributed by atoms with Crippen molar-refractivity contribution in [3.63, 3.8) is 0 Å². The smallest absolute Gasteiger partial charge is 0.347 e. The molecular formula is C28H42O7. The Morgan fingerprint density at radius 3 is 2.20 bits per heavy atom. The van der Waals surface area contributed by atoms with Gasteiger partial charge in [0.1, 0.15) is 11.9 Å². The first-order valence-electron chi connectivity index (χ1n) is 13.4. The zero-order chi connectivity index (χ0) is 25.5. The number of hydrogen-bond donors (Lipinski definition) is 0. The average Bonchev–Trinajstić information content (AvgIpc) is 3.15. The van der Waals surface area contributed by atoms with E-state index in [1.165, 1.54) is 27.4 Å². The zero-order valence-electron chi connectivity index (χ0n) is 22.0. The summed E-state index contributed by atoms with van der Waals surface area (Å²) in [6, 6.07) is 0. The van der Waals surface area contributed by atoms with Crippen LogP contribution in [0.2, 0.25) is 0 Å². The summed E-state index contributed by atoms with van der Waals surface area (Å²) in [5.41, 5.74) is 0.196. The number of hydrogen-bond acceptors (Lipinski definition) is 7. The van der Waals surface area contributed by atoms with Crippen molar-refractivity contribution in [1.82, 2.24) is 0 Å². The van der Waals surface area contributed by atoms with Crippen LogP contribution in [0.25, 0.3) is 0 Å². The van der Waals surface area contributed by atoms with Crippen molar-refractivity contribution in [2.24, 2.45) is 40.4 Å². The first-order chi connectivity index (χ1) is 16.5. The van der Waals surface area contributed by atoms with Gasteiger partial charge in [0.15, 0.2) is 0 Å². The normalized spacial score (nSPS) is 40.9. The molecule has 7 heteroatoms. The third kappa shape index (κ3) is 4.76. The van der Waals surface area contributed by atoms with Crippen LogP contribution in [0.5, 0.6) is 0 Å². The van der Waals surface area contributed by atoms with E-state index >= 15 is 0 Å². The van der Waals surface area contributed by atoms with Gasteiger partial charge in [0.05, 0.1) is 13.5 Å². The van der Waals surface area contributed by atoms with Crippen LogP contribution < -0.4 is 0 Å². The molecule has 0 unspecified atom stereocenters. The van der Waals surface area contributed by atoms with Gasteiger partial charge < -0.3 is 14.2 Å². The fourth-order valence-electron chi connectivity index (χ4n) is 8.92. The van der Waals surface area contributed by atoms with Gasteiger partial charge in [-0.1, -0.05) is 13.8 Å². The molecule has 35 heavy (non-hydrogen) atoms. The number of fused-ring (bicyclic) bond motifs is 5. The van der Waals surface area contributed by atoms with Crippen LogP contribution >= 0.6 is 0 Å². The number of ether oxygens (including phenoxy) is 3. The van der Waals surface area contributed by atoms with E-state index in [1.807, 2.05) is 0 Å². The molecular weight excluding hydrogens is 448 g/mol. The number of esters is 3. The Hall–Kier alpha value is -1.92. The monoisotopic (exact) mass is 490 g/mol. The predicted molar refractivity (Wildman–Crippen MR) is 128 cm³/mol. The minimum Gasteiger partial charge on any atom is -0.466 e. The Bertz CT molecular complexity index is 867. The molecule has 0 spiro atoms. The Kier molecular flexibility index (Phi) is 7.36. The van der Waals surface area contributed by atoms with Gasteiger partial charge in [0.25, 0.3) is 0 Å². The Balaban J connectivity index is 1.47. The third-order valence-electron chi connectivity index (χ3n) is 10.5. The summed E-state index contributed by atoms with van der Waals surface area (Å²) < 4.78 is 15.5. The summed E-state index contributed by atoms with van der Waals surface area (Å²) in [7, 11) is 1.24. The van der Waals surface area contributed by atoms with Gasteiger partial charge in [-0.3, -0.25) is 14.4 Å². The average molecular weight is 491 g/mol. The second-order valence-electron chi connectivity index (χ2n) is 12.1. The lowest BCUT2D eigenvalue weighted by Gasteiger charge is -2.61. The topological polar surface area (TPSA) is 96.0 Å². The third-order valence-corrected chi connectivity index (χ3v) is 10.5. The van der Waals surface area contributed by atoms with E-state index in [4.69, 9.17) is 14.2 Å². The fraction of sp³-hybridized carbons (Fsp3) is 0.857. The summed E-state index contributed by atoms with van der Waals surface area (Å²) in [5, 5.41) is 0. The van der Waals surface area contributed by atoms with Crippen molar-refractivity contribution in [2.75, 3.05) is 7.11 Å². The number of methoxy groups -OCH3 is 1. The van der Waals surface area contributed by atoms with Gasteiger partial charge in [-0.05, 0) is 92.3 Å². The second kappa shape index (κ2) is 9.85. The van der Waals surface area contributed by atoms with E-state index in [-0.39, 0.29) is 41.0 Å². The van der Waals surface area contributed by atoms with E-state index < -0.39 is 18.0 Å². The van der Waals surface area contributed by atoms with E-state index in [1.54, 1.807) is 0 Å². The molecule has 0 aliphatic heterocycles. The molecule has 4 saturated carbocycles. The molecule has 4 rings (SSSR count). The molecule has 7 nitrogen and oxygen atoms in total. The molecule has 4 fully saturated rings. The molecule has 0 aromatic rings. The first kappa shape index (κ1) is 26.2. The quantitative estimate of drug-likeness (QED) is 0.395. The summed E-state index contributed by atoms with van der Waals surface area (Å²) in [4.78, 5) is 48.6. The maximum atomic E-state index is 13.5. The van der Waals surface area contributed by atoms with Crippen LogP contribution in [0.1, 0.15) is 91.9 Å². The van der Waals surface area contributed by atoms with Crippen LogP contribution in [0.3, 0.4) is 0 Å². The highest BCUT2D eigenvalue weighted by atomic mass is 16.6. The Morgan fingerprint density at radius 2 is 1.54 bits per heavy atom. The van der Waals surface area contributed by atoms with Crippen molar-refractivity contribution in [1.29, 1.82) is 0 Å². The van der Waals surface area contributed by atoms with Crippen molar-refractivity contribution in [2.45, 2.75) is 104 Å². The molecule has 0 heterocycles. The van der Waals surface area contributed by atoms with Gasteiger partial charge in [0, 0.05) is 19.8 Å². The first-order valence-corrected chi connectivity index (χ1v) is 13.4. The molecule has 0 aromatic carbocycles. The maximum Gasteiger partial charge on any atom is 0.347 e. The molecule has 0 N–H and O–H groups in total. The molecule has 0 bridgehead atoms. The van der Waals surface area contributed by atoms with Crippen molar-refractivity contribution in [3.05, 3.63) is 0 Å². The lowest BCUT2D eigenvalue weighted by atomic mass is 9.44. The highest BCUT2D eigenvalue weighted by molar-refractivity contribution is 5.89. The molecule has 9 atom stereocenters. The summed E-state index contributed by atoms with van der Waals surface area (Å²) >= 11 is 0. The molecule has 0 amide bonds. The summed E-state index contributed by atoms with van der Waals surface area (Å²) in [5.74, 6) is 0.835. The van der Waals surface area contributed by atoms with Crippen LogP contribution in [0.4, 0.5) is 0 Å². The highest BCUT2D eigenvalue weighted by Gasteiger charge is 2.61. The van der Waals surface area contributed by atoms with Crippen LogP contribution in [-0.2, 0) is 33.4 Å². The number of carbonyl (C=O) groups excluding carboxylic acids is 4. The Morgan fingerprint density at radius 1 is 0.857 bits per heavy atom. The zero-order valence-corrected chi connectivity index (χ0v) is 22.0. The lowest BCUT2D eigenvalue weighted by molar-refractivity contribution is -0.167. The van der Waals surface area contributed by atoms with Crippen molar-refractivity contribution < 1.29 is 33.4 Å². The van der Waals surface area contributed by atoms with Gasteiger partial charge in [-0.25, -0.2) is 4.79 Å². The van der Waals surface area contributed by atoms with E-state index in [0.29, 0.717) is 23.7 Å². The van der Waals surface area contributed by atoms with E-state index in [9.17, 15) is 19.2 Å². The van der Waals surface area contributed by atoms with Gasteiger partial charge in [0.2, 0.25) is 6.10 Å². The van der Waals surface area contributed by atoms with Gasteiger partial charge >= 0.3 is 17.9 Å².